The monoisotopic (exact) mass is 371 g/mol. The molecule has 138 valence electrons. The number of hydrogen-bond acceptors (Lipinski definition) is 5. The minimum absolute atomic E-state index is 0.278. The van der Waals surface area contributed by atoms with E-state index in [0.29, 0.717) is 18.9 Å². The van der Waals surface area contributed by atoms with Crippen LogP contribution in [-0.4, -0.2) is 31.2 Å². The Kier molecular flexibility index (Phi) is 3.97. The van der Waals surface area contributed by atoms with Crippen LogP contribution in [0.2, 0.25) is 0 Å². The third-order valence-corrected chi connectivity index (χ3v) is 4.98. The molecule has 7 heteroatoms. The molecule has 3 aliphatic heterocycles. The molecule has 28 heavy (non-hydrogen) atoms. The highest BCUT2D eigenvalue weighted by molar-refractivity contribution is 5.52. The second kappa shape index (κ2) is 6.77. The predicted molar refractivity (Wildman–Crippen MR) is 106 cm³/mol. The van der Waals surface area contributed by atoms with Crippen molar-refractivity contribution in [3.8, 4) is 0 Å². The number of hydrogen-bond donors (Lipinski definition) is 0. The van der Waals surface area contributed by atoms with Crippen molar-refractivity contribution in [3.63, 3.8) is 0 Å². The molecule has 3 aliphatic rings. The van der Waals surface area contributed by atoms with Crippen LogP contribution in [0, 0.1) is 4.91 Å². The third-order valence-electron chi connectivity index (χ3n) is 4.98. The van der Waals surface area contributed by atoms with Crippen LogP contribution in [0.1, 0.15) is 11.7 Å². The molecule has 0 amide bonds. The lowest BCUT2D eigenvalue weighted by Gasteiger charge is -2.35. The highest BCUT2D eigenvalue weighted by atomic mass is 16.3. The van der Waals surface area contributed by atoms with E-state index in [1.807, 2.05) is 81.5 Å². The number of nitrogens with zero attached hydrogens (tertiary/aromatic N) is 6. The van der Waals surface area contributed by atoms with Crippen LogP contribution in [0.5, 0.6) is 0 Å². The van der Waals surface area contributed by atoms with Gasteiger partial charge in [-0.05, 0) is 34.6 Å². The van der Waals surface area contributed by atoms with Crippen molar-refractivity contribution in [2.45, 2.75) is 12.7 Å². The Morgan fingerprint density at radius 1 is 1.07 bits per heavy atom. The summed E-state index contributed by atoms with van der Waals surface area (Å²) in [5.74, 6) is 1.44. The van der Waals surface area contributed by atoms with Gasteiger partial charge in [-0.25, -0.2) is 4.90 Å². The lowest BCUT2D eigenvalue weighted by atomic mass is 10.1. The van der Waals surface area contributed by atoms with E-state index in [9.17, 15) is 4.91 Å². The zero-order valence-electron chi connectivity index (χ0n) is 15.2. The second-order valence-corrected chi connectivity index (χ2v) is 6.74. The normalized spacial score (nSPS) is 20.4. The van der Waals surface area contributed by atoms with E-state index in [2.05, 4.69) is 22.4 Å². The van der Waals surface area contributed by atoms with Crippen LogP contribution in [0.15, 0.2) is 96.8 Å². The second-order valence-electron chi connectivity index (χ2n) is 6.74. The van der Waals surface area contributed by atoms with Gasteiger partial charge in [0.05, 0.1) is 5.57 Å². The van der Waals surface area contributed by atoms with Crippen LogP contribution < -0.4 is 4.90 Å². The van der Waals surface area contributed by atoms with Crippen molar-refractivity contribution in [2.75, 3.05) is 11.4 Å². The Bertz CT molecular complexity index is 1040. The molecule has 1 aromatic carbocycles. The summed E-state index contributed by atoms with van der Waals surface area (Å²) in [6.45, 7) is 0.894. The zero-order valence-corrected chi connectivity index (χ0v) is 15.2. The minimum atomic E-state index is -0.278. The highest BCUT2D eigenvalue weighted by Crippen LogP contribution is 2.40. The van der Waals surface area contributed by atoms with Gasteiger partial charge in [0.1, 0.15) is 12.7 Å². The van der Waals surface area contributed by atoms with E-state index in [1.54, 1.807) is 6.20 Å². The van der Waals surface area contributed by atoms with E-state index in [4.69, 9.17) is 0 Å². The van der Waals surface area contributed by atoms with Gasteiger partial charge < -0.3 is 4.90 Å². The summed E-state index contributed by atoms with van der Waals surface area (Å²) in [4.78, 5) is 16.9. The summed E-state index contributed by atoms with van der Waals surface area (Å²) in [5, 5.41) is 8.52. The van der Waals surface area contributed by atoms with Crippen LogP contribution in [0.3, 0.4) is 0 Å². The van der Waals surface area contributed by atoms with Gasteiger partial charge in [-0.3, -0.25) is 0 Å². The van der Waals surface area contributed by atoms with Crippen molar-refractivity contribution < 1.29 is 4.76 Å². The minimum Gasteiger partial charge on any atom is -0.328 e. The van der Waals surface area contributed by atoms with Gasteiger partial charge in [-0.1, -0.05) is 52.6 Å². The van der Waals surface area contributed by atoms with Crippen molar-refractivity contribution in [3.05, 3.63) is 107 Å². The van der Waals surface area contributed by atoms with Gasteiger partial charge in [-0.2, -0.15) is 4.68 Å². The Morgan fingerprint density at radius 3 is 2.64 bits per heavy atom. The molecule has 0 N–H and O–H groups in total. The summed E-state index contributed by atoms with van der Waals surface area (Å²) in [5.41, 5.74) is 2.01. The van der Waals surface area contributed by atoms with Gasteiger partial charge in [-0.15, -0.1) is 5.10 Å². The smallest absolute Gasteiger partial charge is 0.328 e. The molecule has 7 nitrogen and oxygen atoms in total. The standard InChI is InChI=1S/C21H19N6O/c28-26-14-8-11-18-20(24-12-6-1-2-7-13-24)27-19(15-22-23-27)25(21(18)26)16-17-9-4-3-5-10-17/h1-13,15,20H,14,16H2/q+1. The lowest BCUT2D eigenvalue weighted by molar-refractivity contribution is -0.493. The SMILES string of the molecule is O=[N+]1CC=CC2=C1N(Cc1ccccc1)c1cnnn1C2N1C=CC=CC=C1. The molecule has 5 rings (SSSR count). The molecule has 0 aliphatic carbocycles. The third kappa shape index (κ3) is 2.68. The summed E-state index contributed by atoms with van der Waals surface area (Å²) in [7, 11) is 0. The molecule has 0 saturated heterocycles. The van der Waals surface area contributed by atoms with Gasteiger partial charge in [0.25, 0.3) is 0 Å². The molecule has 1 aromatic heterocycles. The lowest BCUT2D eigenvalue weighted by Crippen LogP contribution is -2.42. The topological polar surface area (TPSA) is 57.3 Å². The van der Waals surface area contributed by atoms with Crippen LogP contribution in [-0.2, 0) is 6.54 Å². The Balaban J connectivity index is 1.65. The maximum absolute atomic E-state index is 12.9. The van der Waals surface area contributed by atoms with Gasteiger partial charge in [0.15, 0.2) is 12.7 Å². The van der Waals surface area contributed by atoms with Gasteiger partial charge >= 0.3 is 5.82 Å². The number of anilines is 1. The molecule has 0 fully saturated rings. The molecule has 1 atom stereocenters. The fraction of sp³-hybridized carbons (Fsp3) is 0.143. The first-order chi connectivity index (χ1) is 13.8. The highest BCUT2D eigenvalue weighted by Gasteiger charge is 2.44. The van der Waals surface area contributed by atoms with E-state index >= 15 is 0 Å². The average Bonchev–Trinajstić information content (AvgIpc) is 3.04. The number of fused-ring (bicyclic) bond motifs is 1. The molecule has 0 radical (unpaired) electrons. The first-order valence-electron chi connectivity index (χ1n) is 9.19. The Labute approximate surface area is 162 Å². The van der Waals surface area contributed by atoms with E-state index in [1.165, 1.54) is 0 Å². The van der Waals surface area contributed by atoms with Gasteiger partial charge in [0, 0.05) is 12.4 Å². The maximum atomic E-state index is 12.9. The number of allylic oxidation sites excluding steroid dienone is 4. The molecule has 2 aromatic rings. The number of benzene rings is 1. The first kappa shape index (κ1) is 16.4. The molecule has 4 heterocycles. The number of rotatable bonds is 3. The first-order valence-corrected chi connectivity index (χ1v) is 9.19. The number of aromatic nitrogens is 3. The van der Waals surface area contributed by atoms with Crippen molar-refractivity contribution in [1.82, 2.24) is 19.9 Å². The van der Waals surface area contributed by atoms with E-state index in [0.717, 1.165) is 21.7 Å². The van der Waals surface area contributed by atoms with Crippen molar-refractivity contribution in [1.29, 1.82) is 0 Å². The van der Waals surface area contributed by atoms with Gasteiger partial charge in [0.2, 0.25) is 5.82 Å². The summed E-state index contributed by atoms with van der Waals surface area (Å²) < 4.78 is 2.91. The fourth-order valence-corrected chi connectivity index (χ4v) is 3.77. The quantitative estimate of drug-likeness (QED) is 0.775. The van der Waals surface area contributed by atoms with Crippen molar-refractivity contribution >= 4 is 5.82 Å². The van der Waals surface area contributed by atoms with E-state index < -0.39 is 0 Å². The average molecular weight is 371 g/mol. The molecule has 0 saturated carbocycles. The molecule has 0 spiro atoms. The molecule has 1 unspecified atom stereocenters. The van der Waals surface area contributed by atoms with Crippen molar-refractivity contribution in [2.24, 2.45) is 0 Å². The summed E-state index contributed by atoms with van der Waals surface area (Å²) in [6, 6.07) is 10.1. The predicted octanol–water partition coefficient (Wildman–Crippen LogP) is 3.26. The Hall–Kier alpha value is -3.74. The largest absolute Gasteiger partial charge is 0.330 e. The molecular weight excluding hydrogens is 352 g/mol. The fourth-order valence-electron chi connectivity index (χ4n) is 3.77. The molecular formula is C21H19N6O+. The number of nitroso groups, excluding NO2 is 1. The molecule has 0 bridgehead atoms. The van der Waals surface area contributed by atoms with Crippen LogP contribution in [0.25, 0.3) is 0 Å². The summed E-state index contributed by atoms with van der Waals surface area (Å²) in [6.07, 6.45) is 17.2. The summed E-state index contributed by atoms with van der Waals surface area (Å²) >= 11 is 0. The van der Waals surface area contributed by atoms with Crippen LogP contribution >= 0.6 is 0 Å². The van der Waals surface area contributed by atoms with Crippen LogP contribution in [0.4, 0.5) is 5.82 Å². The van der Waals surface area contributed by atoms with E-state index in [-0.39, 0.29) is 6.17 Å². The zero-order chi connectivity index (χ0) is 18.9. The Morgan fingerprint density at radius 2 is 1.86 bits per heavy atom. The maximum Gasteiger partial charge on any atom is 0.330 e.